The van der Waals surface area contributed by atoms with Crippen molar-refractivity contribution in [1.29, 1.82) is 0 Å². The number of rotatable bonds is 5. The molecular weight excluding hydrogens is 286 g/mol. The van der Waals surface area contributed by atoms with Crippen molar-refractivity contribution in [3.63, 3.8) is 0 Å². The second-order valence-electron chi connectivity index (χ2n) is 4.70. The largest absolute Gasteiger partial charge is 0.467 e. The molecule has 1 aromatic carbocycles. The summed E-state index contributed by atoms with van der Waals surface area (Å²) in [6.45, 7) is 1.69. The molecule has 7 heteroatoms. The molecule has 0 aliphatic rings. The number of aromatic nitrogens is 1. The summed E-state index contributed by atoms with van der Waals surface area (Å²) in [4.78, 5) is 28.1. The van der Waals surface area contributed by atoms with Crippen LogP contribution in [0, 0.1) is 0 Å². The molecular formula is C15H17N3O4. The molecule has 0 radical (unpaired) electrons. The predicted molar refractivity (Wildman–Crippen MR) is 77.8 cm³/mol. The normalized spacial score (nSPS) is 13.2. The van der Waals surface area contributed by atoms with E-state index in [1.807, 2.05) is 6.07 Å². The van der Waals surface area contributed by atoms with Crippen LogP contribution in [0.5, 0.6) is 0 Å². The molecule has 2 aromatic rings. The van der Waals surface area contributed by atoms with Crippen molar-refractivity contribution in [3.05, 3.63) is 53.7 Å². The van der Waals surface area contributed by atoms with E-state index in [1.54, 1.807) is 31.2 Å². The first kappa shape index (κ1) is 15.7. The van der Waals surface area contributed by atoms with E-state index in [-0.39, 0.29) is 11.6 Å². The molecule has 0 aliphatic heterocycles. The van der Waals surface area contributed by atoms with Crippen molar-refractivity contribution >= 4 is 11.9 Å². The minimum absolute atomic E-state index is 0.0529. The SMILES string of the molecule is COC(=O)C(NC(=O)c1coc(C(C)N)n1)c1ccccc1. The summed E-state index contributed by atoms with van der Waals surface area (Å²) in [5, 5.41) is 2.58. The molecule has 0 spiro atoms. The number of carbonyl (C=O) groups is 2. The zero-order chi connectivity index (χ0) is 16.1. The van der Waals surface area contributed by atoms with Gasteiger partial charge in [0.15, 0.2) is 11.7 Å². The monoisotopic (exact) mass is 303 g/mol. The zero-order valence-electron chi connectivity index (χ0n) is 12.3. The number of nitrogens with one attached hydrogen (secondary N) is 1. The van der Waals surface area contributed by atoms with Crippen LogP contribution in [-0.2, 0) is 9.53 Å². The Kier molecular flexibility index (Phi) is 4.90. The number of methoxy groups -OCH3 is 1. The average Bonchev–Trinajstić information content (AvgIpc) is 3.03. The number of nitrogens with two attached hydrogens (primary N) is 1. The van der Waals surface area contributed by atoms with E-state index in [2.05, 4.69) is 10.3 Å². The van der Waals surface area contributed by atoms with Crippen LogP contribution in [0.4, 0.5) is 0 Å². The summed E-state index contributed by atoms with van der Waals surface area (Å²) >= 11 is 0. The Bertz CT molecular complexity index is 652. The molecule has 2 unspecified atom stereocenters. The fraction of sp³-hybridized carbons (Fsp3) is 0.267. The van der Waals surface area contributed by atoms with Crippen molar-refractivity contribution in [2.75, 3.05) is 7.11 Å². The van der Waals surface area contributed by atoms with Gasteiger partial charge in [-0.3, -0.25) is 4.79 Å². The summed E-state index contributed by atoms with van der Waals surface area (Å²) in [5.74, 6) is -0.871. The van der Waals surface area contributed by atoms with Crippen molar-refractivity contribution < 1.29 is 18.7 Å². The molecule has 0 aliphatic carbocycles. The lowest BCUT2D eigenvalue weighted by Crippen LogP contribution is -2.34. The van der Waals surface area contributed by atoms with Gasteiger partial charge in [0.05, 0.1) is 13.2 Å². The van der Waals surface area contributed by atoms with Crippen LogP contribution in [0.15, 0.2) is 41.0 Å². The molecule has 116 valence electrons. The number of nitrogens with zero attached hydrogens (tertiary/aromatic N) is 1. The molecule has 22 heavy (non-hydrogen) atoms. The molecule has 0 fully saturated rings. The fourth-order valence-corrected chi connectivity index (χ4v) is 1.85. The molecule has 7 nitrogen and oxygen atoms in total. The molecule has 0 bridgehead atoms. The Morgan fingerprint density at radius 3 is 2.55 bits per heavy atom. The van der Waals surface area contributed by atoms with E-state index in [0.717, 1.165) is 0 Å². The average molecular weight is 303 g/mol. The Hall–Kier alpha value is -2.67. The summed E-state index contributed by atoms with van der Waals surface area (Å²) in [6, 6.07) is 7.44. The van der Waals surface area contributed by atoms with E-state index in [9.17, 15) is 9.59 Å². The van der Waals surface area contributed by atoms with E-state index in [1.165, 1.54) is 13.4 Å². The van der Waals surface area contributed by atoms with Gasteiger partial charge in [-0.25, -0.2) is 9.78 Å². The number of hydrogen-bond acceptors (Lipinski definition) is 6. The number of oxazole rings is 1. The predicted octanol–water partition coefficient (Wildman–Crippen LogP) is 1.34. The van der Waals surface area contributed by atoms with Gasteiger partial charge in [-0.05, 0) is 12.5 Å². The highest BCUT2D eigenvalue weighted by Gasteiger charge is 2.25. The number of ether oxygens (including phenoxy) is 1. The number of benzene rings is 1. The summed E-state index contributed by atoms with van der Waals surface area (Å²) in [7, 11) is 1.26. The van der Waals surface area contributed by atoms with Crippen LogP contribution in [0.2, 0.25) is 0 Å². The summed E-state index contributed by atoms with van der Waals surface area (Å²) < 4.78 is 9.84. The Balaban J connectivity index is 2.19. The number of hydrogen-bond donors (Lipinski definition) is 2. The smallest absolute Gasteiger partial charge is 0.333 e. The van der Waals surface area contributed by atoms with Crippen LogP contribution >= 0.6 is 0 Å². The molecule has 1 aromatic heterocycles. The topological polar surface area (TPSA) is 107 Å². The maximum Gasteiger partial charge on any atom is 0.333 e. The third-order valence-electron chi connectivity index (χ3n) is 2.99. The highest BCUT2D eigenvalue weighted by Crippen LogP contribution is 2.16. The van der Waals surface area contributed by atoms with Crippen LogP contribution in [-0.4, -0.2) is 24.0 Å². The van der Waals surface area contributed by atoms with Crippen LogP contribution in [0.3, 0.4) is 0 Å². The number of carbonyl (C=O) groups excluding carboxylic acids is 2. The maximum atomic E-state index is 12.2. The molecule has 0 saturated heterocycles. The van der Waals surface area contributed by atoms with Crippen LogP contribution in [0.1, 0.15) is 41.0 Å². The van der Waals surface area contributed by atoms with Gasteiger partial charge in [-0.2, -0.15) is 0 Å². The molecule has 1 heterocycles. The van der Waals surface area contributed by atoms with Gasteiger partial charge in [0, 0.05) is 0 Å². The van der Waals surface area contributed by atoms with Gasteiger partial charge < -0.3 is 20.2 Å². The second kappa shape index (κ2) is 6.86. The number of amides is 1. The van der Waals surface area contributed by atoms with Gasteiger partial charge in [-0.1, -0.05) is 30.3 Å². The van der Waals surface area contributed by atoms with Crippen molar-refractivity contribution in [2.24, 2.45) is 5.73 Å². The van der Waals surface area contributed by atoms with E-state index in [0.29, 0.717) is 5.56 Å². The third kappa shape index (κ3) is 3.50. The van der Waals surface area contributed by atoms with Crippen LogP contribution < -0.4 is 11.1 Å². The van der Waals surface area contributed by atoms with Crippen LogP contribution in [0.25, 0.3) is 0 Å². The second-order valence-corrected chi connectivity index (χ2v) is 4.70. The Morgan fingerprint density at radius 2 is 2.00 bits per heavy atom. The van der Waals surface area contributed by atoms with Gasteiger partial charge in [-0.15, -0.1) is 0 Å². The fourth-order valence-electron chi connectivity index (χ4n) is 1.85. The lowest BCUT2D eigenvalue weighted by atomic mass is 10.1. The van der Waals surface area contributed by atoms with Gasteiger partial charge in [0.25, 0.3) is 5.91 Å². The van der Waals surface area contributed by atoms with Gasteiger partial charge in [0.1, 0.15) is 6.26 Å². The molecule has 2 atom stereocenters. The van der Waals surface area contributed by atoms with Gasteiger partial charge >= 0.3 is 5.97 Å². The Labute approximate surface area is 127 Å². The first-order valence-electron chi connectivity index (χ1n) is 6.67. The third-order valence-corrected chi connectivity index (χ3v) is 2.99. The molecule has 1 amide bonds. The first-order valence-corrected chi connectivity index (χ1v) is 6.67. The lowest BCUT2D eigenvalue weighted by Gasteiger charge is -2.16. The Morgan fingerprint density at radius 1 is 1.32 bits per heavy atom. The van der Waals surface area contributed by atoms with Gasteiger partial charge in [0.2, 0.25) is 5.89 Å². The zero-order valence-corrected chi connectivity index (χ0v) is 12.3. The number of esters is 1. The lowest BCUT2D eigenvalue weighted by molar-refractivity contribution is -0.143. The highest BCUT2D eigenvalue weighted by atomic mass is 16.5. The minimum Gasteiger partial charge on any atom is -0.467 e. The maximum absolute atomic E-state index is 12.2. The summed E-state index contributed by atoms with van der Waals surface area (Å²) in [6.07, 6.45) is 1.20. The molecule has 3 N–H and O–H groups in total. The van der Waals surface area contributed by atoms with Crippen molar-refractivity contribution in [2.45, 2.75) is 19.0 Å². The minimum atomic E-state index is -0.922. The van der Waals surface area contributed by atoms with Crippen molar-refractivity contribution in [3.8, 4) is 0 Å². The summed E-state index contributed by atoms with van der Waals surface area (Å²) in [5.41, 5.74) is 6.29. The van der Waals surface area contributed by atoms with E-state index >= 15 is 0 Å². The highest BCUT2D eigenvalue weighted by molar-refractivity contribution is 5.95. The van der Waals surface area contributed by atoms with E-state index < -0.39 is 24.0 Å². The standard InChI is InChI=1S/C15H17N3O4/c1-9(16)14-17-11(8-22-14)13(19)18-12(15(20)21-2)10-6-4-3-5-7-10/h3-9,12H,16H2,1-2H3,(H,18,19). The first-order chi connectivity index (χ1) is 10.5. The molecule has 0 saturated carbocycles. The molecule has 2 rings (SSSR count). The van der Waals surface area contributed by atoms with Crippen molar-refractivity contribution in [1.82, 2.24) is 10.3 Å². The van der Waals surface area contributed by atoms with E-state index in [4.69, 9.17) is 14.9 Å². The quantitative estimate of drug-likeness (QED) is 0.807.